The van der Waals surface area contributed by atoms with Crippen LogP contribution < -0.4 is 0 Å². The molecule has 0 saturated heterocycles. The molecular formula is C43H36O4. The summed E-state index contributed by atoms with van der Waals surface area (Å²) in [5.74, 6) is -1.23. The number of carbonyl (C=O) groups excluding carboxylic acids is 2. The molecule has 0 atom stereocenters. The lowest BCUT2D eigenvalue weighted by atomic mass is 9.77. The van der Waals surface area contributed by atoms with Crippen molar-refractivity contribution in [3.63, 3.8) is 0 Å². The number of fused-ring (bicyclic) bond motifs is 10. The summed E-state index contributed by atoms with van der Waals surface area (Å²) in [4.78, 5) is 29.4. The highest BCUT2D eigenvalue weighted by atomic mass is 16.6. The number of rotatable bonds is 4. The van der Waals surface area contributed by atoms with Crippen molar-refractivity contribution < 1.29 is 19.1 Å². The summed E-state index contributed by atoms with van der Waals surface area (Å²) in [5.41, 5.74) is 6.16. The minimum atomic E-state index is -1.59. The van der Waals surface area contributed by atoms with Gasteiger partial charge in [-0.3, -0.25) is 9.59 Å². The third-order valence-corrected chi connectivity index (χ3v) is 9.79. The van der Waals surface area contributed by atoms with Crippen LogP contribution in [0.15, 0.2) is 121 Å². The highest BCUT2D eigenvalue weighted by Gasteiger charge is 2.52. The van der Waals surface area contributed by atoms with Gasteiger partial charge in [0, 0.05) is 18.8 Å². The topological polar surface area (TPSA) is 52.6 Å². The molecule has 0 spiro atoms. The quantitative estimate of drug-likeness (QED) is 0.146. The second-order valence-electron chi connectivity index (χ2n) is 13.9. The second-order valence-corrected chi connectivity index (χ2v) is 13.9. The molecule has 0 amide bonds. The van der Waals surface area contributed by atoms with Crippen LogP contribution >= 0.6 is 0 Å². The van der Waals surface area contributed by atoms with E-state index in [1.165, 1.54) is 0 Å². The summed E-state index contributed by atoms with van der Waals surface area (Å²) in [6, 6.07) is 41.5. The maximum atomic E-state index is 14.8. The Morgan fingerprint density at radius 1 is 0.617 bits per heavy atom. The first-order valence-corrected chi connectivity index (χ1v) is 16.3. The molecular weight excluding hydrogens is 580 g/mol. The van der Waals surface area contributed by atoms with E-state index >= 15 is 0 Å². The molecule has 0 bridgehead atoms. The largest absolute Gasteiger partial charge is 0.464 e. The van der Waals surface area contributed by atoms with E-state index in [2.05, 4.69) is 72.8 Å². The fourth-order valence-electron chi connectivity index (χ4n) is 7.72. The zero-order chi connectivity index (χ0) is 32.3. The average molecular weight is 617 g/mol. The van der Waals surface area contributed by atoms with Crippen molar-refractivity contribution in [2.75, 3.05) is 6.61 Å². The minimum absolute atomic E-state index is 0.125. The van der Waals surface area contributed by atoms with Gasteiger partial charge in [0.1, 0.15) is 12.2 Å². The predicted molar refractivity (Wildman–Crippen MR) is 187 cm³/mol. The molecule has 0 heterocycles. The summed E-state index contributed by atoms with van der Waals surface area (Å²) >= 11 is 0. The van der Waals surface area contributed by atoms with E-state index in [4.69, 9.17) is 9.47 Å². The van der Waals surface area contributed by atoms with Gasteiger partial charge < -0.3 is 9.47 Å². The number of carbonyl (C=O) groups is 2. The van der Waals surface area contributed by atoms with Crippen LogP contribution in [0.1, 0.15) is 48.9 Å². The van der Waals surface area contributed by atoms with Crippen molar-refractivity contribution >= 4 is 33.5 Å². The number of hydrogen-bond donors (Lipinski definition) is 0. The van der Waals surface area contributed by atoms with Gasteiger partial charge in [-0.2, -0.15) is 0 Å². The number of ether oxygens (including phenoxy) is 2. The van der Waals surface area contributed by atoms with Gasteiger partial charge in [0.05, 0.1) is 0 Å². The van der Waals surface area contributed by atoms with Gasteiger partial charge in [0.15, 0.2) is 5.41 Å². The lowest BCUT2D eigenvalue weighted by Crippen LogP contribution is -2.48. The minimum Gasteiger partial charge on any atom is -0.464 e. The molecule has 0 aliphatic heterocycles. The Labute approximate surface area is 275 Å². The summed E-state index contributed by atoms with van der Waals surface area (Å²) < 4.78 is 12.4. The lowest BCUT2D eigenvalue weighted by molar-refractivity contribution is -0.179. The standard InChI is InChI=1S/C43H36O4/c1-42(2,3)47-41(45)43(40(44)46-26-37-35-18-10-8-16-33(35)34-17-9-11-19-36(34)37)24-29-22-20-27-12-4-6-14-31(27)38(29)39-30(25-43)23-21-28-13-5-7-15-32(28)39/h4-23,37H,24-26H2,1-3H3. The monoisotopic (exact) mass is 616 g/mol. The van der Waals surface area contributed by atoms with Gasteiger partial charge in [-0.25, -0.2) is 0 Å². The SMILES string of the molecule is CC(C)(C)OC(=O)C1(C(=O)OCC2c3ccccc3-c3ccccc32)Cc2ccc3ccccc3c2-c2c(ccc3ccccc23)C1. The Morgan fingerprint density at radius 2 is 1.09 bits per heavy atom. The highest BCUT2D eigenvalue weighted by Crippen LogP contribution is 2.49. The molecule has 2 aliphatic rings. The summed E-state index contributed by atoms with van der Waals surface area (Å²) in [5, 5.41) is 4.40. The Kier molecular flexibility index (Phi) is 6.80. The first-order valence-electron chi connectivity index (χ1n) is 16.3. The fourth-order valence-corrected chi connectivity index (χ4v) is 7.72. The Bertz CT molecular complexity index is 2090. The molecule has 4 heteroatoms. The Balaban J connectivity index is 1.28. The Hall–Kier alpha value is -5.22. The summed E-state index contributed by atoms with van der Waals surface area (Å²) in [6.45, 7) is 5.66. The van der Waals surface area contributed by atoms with Gasteiger partial charge in [-0.05, 0) is 86.8 Å². The van der Waals surface area contributed by atoms with Crippen LogP contribution in [0.3, 0.4) is 0 Å². The normalized spacial score (nSPS) is 14.9. The molecule has 0 fully saturated rings. The van der Waals surface area contributed by atoms with Crippen molar-refractivity contribution in [1.82, 2.24) is 0 Å². The van der Waals surface area contributed by atoms with Gasteiger partial charge in [-0.1, -0.05) is 121 Å². The summed E-state index contributed by atoms with van der Waals surface area (Å²) in [6.07, 6.45) is 0.337. The van der Waals surface area contributed by atoms with Gasteiger partial charge in [0.25, 0.3) is 0 Å². The van der Waals surface area contributed by atoms with Crippen LogP contribution in [0.25, 0.3) is 43.8 Å². The molecule has 8 rings (SSSR count). The van der Waals surface area contributed by atoms with Crippen LogP contribution in [0.4, 0.5) is 0 Å². The number of benzene rings is 6. The van der Waals surface area contributed by atoms with Gasteiger partial charge >= 0.3 is 11.9 Å². The molecule has 6 aromatic rings. The van der Waals surface area contributed by atoms with E-state index in [0.29, 0.717) is 0 Å². The van der Waals surface area contributed by atoms with Crippen LogP contribution in [0, 0.1) is 5.41 Å². The smallest absolute Gasteiger partial charge is 0.324 e. The molecule has 4 nitrogen and oxygen atoms in total. The maximum absolute atomic E-state index is 14.8. The molecule has 0 saturated carbocycles. The van der Waals surface area contributed by atoms with Crippen molar-refractivity contribution in [3.05, 3.63) is 144 Å². The molecule has 232 valence electrons. The average Bonchev–Trinajstić information content (AvgIpc) is 3.29. The van der Waals surface area contributed by atoms with Gasteiger partial charge in [0.2, 0.25) is 0 Å². The fraction of sp³-hybridized carbons (Fsp3) is 0.209. The predicted octanol–water partition coefficient (Wildman–Crippen LogP) is 9.44. The third kappa shape index (κ3) is 4.82. The molecule has 0 radical (unpaired) electrons. The molecule has 47 heavy (non-hydrogen) atoms. The van der Waals surface area contributed by atoms with E-state index in [1.807, 2.05) is 69.3 Å². The van der Waals surface area contributed by atoms with Gasteiger partial charge in [-0.15, -0.1) is 0 Å². The van der Waals surface area contributed by atoms with Crippen LogP contribution in [-0.2, 0) is 31.9 Å². The Morgan fingerprint density at radius 3 is 1.60 bits per heavy atom. The van der Waals surface area contributed by atoms with Crippen molar-refractivity contribution in [2.24, 2.45) is 5.41 Å². The molecule has 0 unspecified atom stereocenters. The zero-order valence-electron chi connectivity index (χ0n) is 26.9. The number of hydrogen-bond acceptors (Lipinski definition) is 4. The molecule has 2 aliphatic carbocycles. The molecule has 0 N–H and O–H groups in total. The van der Waals surface area contributed by atoms with E-state index in [1.54, 1.807) is 0 Å². The molecule has 6 aromatic carbocycles. The van der Waals surface area contributed by atoms with E-state index in [0.717, 1.165) is 66.1 Å². The first-order chi connectivity index (χ1) is 22.7. The van der Waals surface area contributed by atoms with Crippen LogP contribution in [0.5, 0.6) is 0 Å². The van der Waals surface area contributed by atoms with E-state index < -0.39 is 23.0 Å². The summed E-state index contributed by atoms with van der Waals surface area (Å²) in [7, 11) is 0. The maximum Gasteiger partial charge on any atom is 0.324 e. The first kappa shape index (κ1) is 29.2. The van der Waals surface area contributed by atoms with E-state index in [-0.39, 0.29) is 25.4 Å². The van der Waals surface area contributed by atoms with Crippen LogP contribution in [0.2, 0.25) is 0 Å². The van der Waals surface area contributed by atoms with Crippen molar-refractivity contribution in [1.29, 1.82) is 0 Å². The third-order valence-electron chi connectivity index (χ3n) is 9.79. The van der Waals surface area contributed by atoms with Crippen molar-refractivity contribution in [2.45, 2.75) is 45.1 Å². The van der Waals surface area contributed by atoms with Crippen LogP contribution in [-0.4, -0.2) is 24.1 Å². The highest BCUT2D eigenvalue weighted by molar-refractivity contribution is 6.10. The molecule has 0 aromatic heterocycles. The lowest BCUT2D eigenvalue weighted by Gasteiger charge is -2.32. The van der Waals surface area contributed by atoms with E-state index in [9.17, 15) is 9.59 Å². The van der Waals surface area contributed by atoms with Crippen molar-refractivity contribution in [3.8, 4) is 22.3 Å². The number of esters is 2. The zero-order valence-corrected chi connectivity index (χ0v) is 26.9. The second kappa shape index (κ2) is 10.9.